The molecule has 0 spiro atoms. The lowest BCUT2D eigenvalue weighted by molar-refractivity contribution is -0.386. The van der Waals surface area contributed by atoms with Gasteiger partial charge in [-0.3, -0.25) is 19.7 Å². The van der Waals surface area contributed by atoms with Gasteiger partial charge in [0.25, 0.3) is 5.91 Å². The van der Waals surface area contributed by atoms with Gasteiger partial charge in [-0.2, -0.15) is 0 Å². The Kier molecular flexibility index (Phi) is 5.49. The number of amides is 1. The molecule has 0 saturated carbocycles. The van der Waals surface area contributed by atoms with E-state index < -0.39 is 22.6 Å². The Hall–Kier alpha value is -2.93. The third kappa shape index (κ3) is 4.08. The van der Waals surface area contributed by atoms with Crippen LogP contribution in [-0.4, -0.2) is 23.2 Å². The lowest BCUT2D eigenvalue weighted by Gasteiger charge is -2.15. The normalized spacial score (nSPS) is 11.4. The van der Waals surface area contributed by atoms with E-state index in [1.54, 1.807) is 24.3 Å². The lowest BCUT2D eigenvalue weighted by atomic mass is 10.2. The zero-order valence-electron chi connectivity index (χ0n) is 12.6. The molecular weight excluding hydrogens is 336 g/mol. The van der Waals surface area contributed by atoms with Crippen LogP contribution in [0, 0.1) is 10.1 Å². The maximum Gasteiger partial charge on any atom is 0.311 e. The number of ether oxygens (including phenoxy) is 1. The molecule has 124 valence electrons. The Bertz CT molecular complexity index is 794. The van der Waals surface area contributed by atoms with Crippen LogP contribution in [0.4, 0.5) is 11.4 Å². The molecule has 1 N–H and O–H groups in total. The van der Waals surface area contributed by atoms with Gasteiger partial charge >= 0.3 is 5.69 Å². The summed E-state index contributed by atoms with van der Waals surface area (Å²) >= 11 is 5.96. The van der Waals surface area contributed by atoms with Crippen molar-refractivity contribution in [1.82, 2.24) is 0 Å². The van der Waals surface area contributed by atoms with Gasteiger partial charge in [-0.05, 0) is 31.2 Å². The van der Waals surface area contributed by atoms with Crippen molar-refractivity contribution < 1.29 is 19.2 Å². The van der Waals surface area contributed by atoms with Gasteiger partial charge in [0, 0.05) is 11.6 Å². The number of para-hydroxylation sites is 1. The number of benzene rings is 2. The average Bonchev–Trinajstić information content (AvgIpc) is 2.57. The van der Waals surface area contributed by atoms with Crippen LogP contribution >= 0.6 is 11.6 Å². The first kappa shape index (κ1) is 17.4. The molecule has 7 nitrogen and oxygen atoms in total. The molecule has 2 aromatic carbocycles. The number of carbonyl (C=O) groups excluding carboxylic acids is 2. The summed E-state index contributed by atoms with van der Waals surface area (Å²) < 4.78 is 5.37. The number of hydrogen-bond donors (Lipinski definition) is 1. The van der Waals surface area contributed by atoms with Crippen LogP contribution in [-0.2, 0) is 4.79 Å². The predicted molar refractivity (Wildman–Crippen MR) is 88.7 cm³/mol. The SMILES string of the molecule is C[C@H](Oc1ccc(C=O)cc1[N+](=O)[O-])C(=O)Nc1ccccc1Cl. The highest BCUT2D eigenvalue weighted by Crippen LogP contribution is 2.29. The van der Waals surface area contributed by atoms with Crippen LogP contribution in [0.1, 0.15) is 17.3 Å². The van der Waals surface area contributed by atoms with E-state index >= 15 is 0 Å². The molecule has 24 heavy (non-hydrogen) atoms. The highest BCUT2D eigenvalue weighted by molar-refractivity contribution is 6.33. The van der Waals surface area contributed by atoms with Gasteiger partial charge in [-0.25, -0.2) is 0 Å². The second-order valence-corrected chi connectivity index (χ2v) is 5.24. The highest BCUT2D eigenvalue weighted by Gasteiger charge is 2.22. The van der Waals surface area contributed by atoms with E-state index in [4.69, 9.17) is 16.3 Å². The second-order valence-electron chi connectivity index (χ2n) is 4.83. The zero-order valence-corrected chi connectivity index (χ0v) is 13.3. The van der Waals surface area contributed by atoms with Crippen LogP contribution in [0.5, 0.6) is 5.75 Å². The fraction of sp³-hybridized carbons (Fsp3) is 0.125. The van der Waals surface area contributed by atoms with Crippen LogP contribution < -0.4 is 10.1 Å². The minimum absolute atomic E-state index is 0.104. The molecule has 0 radical (unpaired) electrons. The van der Waals surface area contributed by atoms with Crippen molar-refractivity contribution in [2.45, 2.75) is 13.0 Å². The molecule has 1 amide bonds. The highest BCUT2D eigenvalue weighted by atomic mass is 35.5. The number of nitrogens with zero attached hydrogens (tertiary/aromatic N) is 1. The maximum absolute atomic E-state index is 12.2. The van der Waals surface area contributed by atoms with Crippen molar-refractivity contribution >= 4 is 35.2 Å². The number of nitro groups is 1. The summed E-state index contributed by atoms with van der Waals surface area (Å²) in [5, 5.41) is 14.0. The summed E-state index contributed by atoms with van der Waals surface area (Å²) in [5.41, 5.74) is 0.157. The third-order valence-corrected chi connectivity index (χ3v) is 3.45. The Balaban J connectivity index is 2.15. The summed E-state index contributed by atoms with van der Waals surface area (Å²) in [7, 11) is 0. The monoisotopic (exact) mass is 348 g/mol. The summed E-state index contributed by atoms with van der Waals surface area (Å²) in [5.74, 6) is -0.621. The number of hydrogen-bond acceptors (Lipinski definition) is 5. The molecule has 2 aromatic rings. The number of aldehydes is 1. The number of rotatable bonds is 6. The zero-order chi connectivity index (χ0) is 17.7. The van der Waals surface area contributed by atoms with Gasteiger partial charge in [0.05, 0.1) is 15.6 Å². The first-order valence-electron chi connectivity index (χ1n) is 6.88. The van der Waals surface area contributed by atoms with E-state index in [1.165, 1.54) is 19.1 Å². The third-order valence-electron chi connectivity index (χ3n) is 3.12. The molecule has 0 saturated heterocycles. The van der Waals surface area contributed by atoms with Crippen LogP contribution in [0.3, 0.4) is 0 Å². The summed E-state index contributed by atoms with van der Waals surface area (Å²) in [6.07, 6.45) is -0.522. The van der Waals surface area contributed by atoms with E-state index in [2.05, 4.69) is 5.32 Å². The molecule has 0 bridgehead atoms. The topological polar surface area (TPSA) is 98.5 Å². The van der Waals surface area contributed by atoms with E-state index in [9.17, 15) is 19.7 Å². The van der Waals surface area contributed by atoms with E-state index in [0.29, 0.717) is 17.0 Å². The maximum atomic E-state index is 12.2. The number of carbonyl (C=O) groups is 2. The molecule has 2 rings (SSSR count). The van der Waals surface area contributed by atoms with Crippen molar-refractivity contribution in [1.29, 1.82) is 0 Å². The van der Waals surface area contributed by atoms with Gasteiger partial charge in [-0.1, -0.05) is 23.7 Å². The number of halogens is 1. The van der Waals surface area contributed by atoms with Crippen LogP contribution in [0.25, 0.3) is 0 Å². The lowest BCUT2D eigenvalue weighted by Crippen LogP contribution is -2.30. The van der Waals surface area contributed by atoms with Gasteiger partial charge < -0.3 is 10.1 Å². The smallest absolute Gasteiger partial charge is 0.311 e. The fourth-order valence-corrected chi connectivity index (χ4v) is 2.07. The van der Waals surface area contributed by atoms with Crippen molar-refractivity contribution in [2.75, 3.05) is 5.32 Å². The van der Waals surface area contributed by atoms with Crippen LogP contribution in [0.15, 0.2) is 42.5 Å². The summed E-state index contributed by atoms with van der Waals surface area (Å²) in [6.45, 7) is 1.45. The van der Waals surface area contributed by atoms with E-state index in [1.807, 2.05) is 0 Å². The molecule has 0 aromatic heterocycles. The summed E-state index contributed by atoms with van der Waals surface area (Å²) in [6, 6.07) is 10.4. The van der Waals surface area contributed by atoms with Gasteiger partial charge in [0.1, 0.15) is 6.29 Å². The molecule has 0 fully saturated rings. The van der Waals surface area contributed by atoms with Gasteiger partial charge in [0.15, 0.2) is 11.9 Å². The van der Waals surface area contributed by atoms with Crippen molar-refractivity contribution in [2.24, 2.45) is 0 Å². The summed E-state index contributed by atoms with van der Waals surface area (Å²) in [4.78, 5) is 33.3. The predicted octanol–water partition coefficient (Wildman–Crippen LogP) is 3.47. The molecule has 1 atom stereocenters. The van der Waals surface area contributed by atoms with Crippen molar-refractivity contribution in [3.63, 3.8) is 0 Å². The largest absolute Gasteiger partial charge is 0.474 e. The molecular formula is C16H13ClN2O5. The Morgan fingerprint density at radius 1 is 1.33 bits per heavy atom. The average molecular weight is 349 g/mol. The minimum Gasteiger partial charge on any atom is -0.474 e. The Labute approximate surface area is 142 Å². The second kappa shape index (κ2) is 7.56. The van der Waals surface area contributed by atoms with Crippen molar-refractivity contribution in [3.05, 3.63) is 63.2 Å². The Morgan fingerprint density at radius 3 is 2.67 bits per heavy atom. The molecule has 0 heterocycles. The van der Waals surface area contributed by atoms with Crippen molar-refractivity contribution in [3.8, 4) is 5.75 Å². The van der Waals surface area contributed by atoms with E-state index in [-0.39, 0.29) is 11.3 Å². The van der Waals surface area contributed by atoms with Gasteiger partial charge in [-0.15, -0.1) is 0 Å². The molecule has 0 unspecified atom stereocenters. The number of anilines is 1. The first-order chi connectivity index (χ1) is 11.4. The fourth-order valence-electron chi connectivity index (χ4n) is 1.89. The first-order valence-corrected chi connectivity index (χ1v) is 7.26. The molecule has 0 aliphatic carbocycles. The minimum atomic E-state index is -1.01. The quantitative estimate of drug-likeness (QED) is 0.489. The Morgan fingerprint density at radius 2 is 2.04 bits per heavy atom. The van der Waals surface area contributed by atoms with E-state index in [0.717, 1.165) is 6.07 Å². The molecule has 0 aliphatic heterocycles. The van der Waals surface area contributed by atoms with Crippen LogP contribution in [0.2, 0.25) is 5.02 Å². The standard InChI is InChI=1S/C16H13ClN2O5/c1-10(16(21)18-13-5-3-2-4-12(13)17)24-15-7-6-11(9-20)8-14(15)19(22)23/h2-10H,1H3,(H,18,21)/t10-/m0/s1. The molecule has 0 aliphatic rings. The number of nitro benzene ring substituents is 1. The number of nitrogens with one attached hydrogen (secondary N) is 1. The van der Waals surface area contributed by atoms with Gasteiger partial charge in [0.2, 0.25) is 0 Å². The molecule has 8 heteroatoms.